The predicted octanol–water partition coefficient (Wildman–Crippen LogP) is 4.45. The zero-order valence-corrected chi connectivity index (χ0v) is 15.8. The van der Waals surface area contributed by atoms with Crippen LogP contribution in [0.4, 0.5) is 10.5 Å². The Morgan fingerprint density at radius 3 is 2.65 bits per heavy atom. The number of hydrogen-bond donors (Lipinski definition) is 1. The van der Waals surface area contributed by atoms with Gasteiger partial charge in [-0.3, -0.25) is 5.32 Å². The van der Waals surface area contributed by atoms with Crippen LogP contribution in [0.5, 0.6) is 5.75 Å². The molecule has 1 N–H and O–H groups in total. The van der Waals surface area contributed by atoms with Gasteiger partial charge in [-0.05, 0) is 56.1 Å². The van der Waals surface area contributed by atoms with Crippen LogP contribution >= 0.6 is 0 Å². The van der Waals surface area contributed by atoms with Crippen LogP contribution in [-0.4, -0.2) is 23.0 Å². The monoisotopic (exact) mass is 373 g/mol. The number of cyclic esters (lactones) is 1. The van der Waals surface area contributed by atoms with Crippen LogP contribution < -0.4 is 10.1 Å². The van der Waals surface area contributed by atoms with Crippen molar-refractivity contribution < 1.29 is 18.8 Å². The quantitative estimate of drug-likeness (QED) is 0.575. The molecule has 1 heterocycles. The number of ether oxygens (including phenoxy) is 2. The van der Waals surface area contributed by atoms with Crippen LogP contribution in [0, 0.1) is 0 Å². The Morgan fingerprint density at radius 1 is 1.12 bits per heavy atom. The molecular weight excluding hydrogens is 350 g/mol. The minimum absolute atomic E-state index is 0.475. The van der Waals surface area contributed by atoms with Crippen molar-refractivity contribution in [2.24, 2.45) is 0 Å². The molecule has 1 aliphatic heterocycles. The molecule has 0 bridgehead atoms. The predicted molar refractivity (Wildman–Crippen MR) is 102 cm³/mol. The van der Waals surface area contributed by atoms with Gasteiger partial charge in [0, 0.05) is 5.56 Å². The fraction of sp³-hybridized carbons (Fsp3) is 0.350. The molecule has 0 spiro atoms. The summed E-state index contributed by atoms with van der Waals surface area (Å²) in [7, 11) is 0. The fourth-order valence-corrected chi connectivity index (χ4v) is 4.07. The summed E-state index contributed by atoms with van der Waals surface area (Å²) in [4.78, 5) is 12.6. The van der Waals surface area contributed by atoms with E-state index in [0.29, 0.717) is 23.8 Å². The largest absolute Gasteiger partial charge is 0.611 e. The van der Waals surface area contributed by atoms with Gasteiger partial charge in [0.2, 0.25) is 0 Å². The van der Waals surface area contributed by atoms with Gasteiger partial charge < -0.3 is 14.0 Å². The van der Waals surface area contributed by atoms with Gasteiger partial charge in [0.1, 0.15) is 17.1 Å². The molecule has 1 atom stereocenters. The molecule has 2 aromatic rings. The van der Waals surface area contributed by atoms with Crippen LogP contribution in [0.15, 0.2) is 53.4 Å². The van der Waals surface area contributed by atoms with Crippen molar-refractivity contribution in [3.8, 4) is 5.75 Å². The lowest BCUT2D eigenvalue weighted by Crippen LogP contribution is -2.34. The summed E-state index contributed by atoms with van der Waals surface area (Å²) in [5.74, 6) is 1.24. The van der Waals surface area contributed by atoms with Gasteiger partial charge in [0.25, 0.3) is 0 Å². The number of benzene rings is 2. The molecule has 1 aliphatic rings. The summed E-state index contributed by atoms with van der Waals surface area (Å²) in [6.07, 6.45) is 1.12. The molecule has 1 unspecified atom stereocenters. The summed E-state index contributed by atoms with van der Waals surface area (Å²) < 4.78 is 23.4. The highest BCUT2D eigenvalue weighted by atomic mass is 32.2. The van der Waals surface area contributed by atoms with Gasteiger partial charge in [-0.15, -0.1) is 0 Å². The zero-order valence-electron chi connectivity index (χ0n) is 15.0. The third-order valence-electron chi connectivity index (χ3n) is 4.24. The molecule has 0 aromatic heterocycles. The van der Waals surface area contributed by atoms with Crippen molar-refractivity contribution in [1.82, 2.24) is 0 Å². The molecule has 2 aromatic carbocycles. The number of nitrogens with one attached hydrogen (secondary N) is 1. The smallest absolute Gasteiger partial charge is 0.412 e. The second kappa shape index (κ2) is 8.01. The highest BCUT2D eigenvalue weighted by molar-refractivity contribution is 7.91. The number of fused-ring (bicyclic) bond motifs is 1. The van der Waals surface area contributed by atoms with Gasteiger partial charge in [-0.1, -0.05) is 30.3 Å². The number of carbonyl (C=O) groups is 1. The van der Waals surface area contributed by atoms with E-state index in [1.54, 1.807) is 0 Å². The summed E-state index contributed by atoms with van der Waals surface area (Å²) >= 11 is -0.978. The standard InChI is InChI=1S/C20H23NO4S/c1-20(2)16-11-8-12-17(18(16)21-19(22)25-20)24-13-6-7-14-26(23)15-9-4-3-5-10-15/h3-5,8-12H,6-7,13-14H2,1-2H3,(H,21,22). The molecule has 3 rings (SSSR count). The van der Waals surface area contributed by atoms with E-state index in [1.165, 1.54) is 0 Å². The van der Waals surface area contributed by atoms with Crippen LogP contribution in [0.3, 0.4) is 0 Å². The molecule has 1 amide bonds. The van der Waals surface area contributed by atoms with Crippen molar-refractivity contribution >= 4 is 23.0 Å². The first-order valence-corrected chi connectivity index (χ1v) is 9.99. The van der Waals surface area contributed by atoms with Gasteiger partial charge in [-0.2, -0.15) is 0 Å². The molecular formula is C20H23NO4S. The highest BCUT2D eigenvalue weighted by Crippen LogP contribution is 2.40. The molecule has 138 valence electrons. The average molecular weight is 373 g/mol. The van der Waals surface area contributed by atoms with Gasteiger partial charge in [-0.25, -0.2) is 4.79 Å². The number of para-hydroxylation sites is 1. The van der Waals surface area contributed by atoms with Crippen LogP contribution in [-0.2, 0) is 21.5 Å². The molecule has 0 aliphatic carbocycles. The topological polar surface area (TPSA) is 70.6 Å². The molecule has 6 heteroatoms. The van der Waals surface area contributed by atoms with E-state index >= 15 is 0 Å². The van der Waals surface area contributed by atoms with E-state index in [1.807, 2.05) is 62.4 Å². The number of carbonyl (C=O) groups excluding carboxylic acids is 1. The van der Waals surface area contributed by atoms with Gasteiger partial charge in [0.05, 0.1) is 12.3 Å². The van der Waals surface area contributed by atoms with Crippen molar-refractivity contribution in [2.45, 2.75) is 37.2 Å². The first-order valence-electron chi connectivity index (χ1n) is 8.67. The second-order valence-electron chi connectivity index (χ2n) is 6.62. The normalized spacial score (nSPS) is 16.2. The summed E-state index contributed by atoms with van der Waals surface area (Å²) in [5.41, 5.74) is 0.866. The third kappa shape index (κ3) is 4.31. The summed E-state index contributed by atoms with van der Waals surface area (Å²) in [6.45, 7) is 4.21. The molecule has 26 heavy (non-hydrogen) atoms. The average Bonchev–Trinajstić information content (AvgIpc) is 2.61. The fourth-order valence-electron chi connectivity index (χ4n) is 2.90. The maximum absolute atomic E-state index is 12.2. The minimum Gasteiger partial charge on any atom is -0.611 e. The van der Waals surface area contributed by atoms with E-state index in [0.717, 1.165) is 23.3 Å². The lowest BCUT2D eigenvalue weighted by Gasteiger charge is -2.33. The SMILES string of the molecule is CC1(C)OC(=O)Nc2c(OCCCC[S+]([O-])c3ccccc3)cccc21. The van der Waals surface area contributed by atoms with E-state index in [9.17, 15) is 9.35 Å². The maximum atomic E-state index is 12.2. The molecule has 0 saturated carbocycles. The summed E-state index contributed by atoms with van der Waals surface area (Å²) in [6, 6.07) is 15.1. The van der Waals surface area contributed by atoms with Crippen LogP contribution in [0.1, 0.15) is 32.3 Å². The van der Waals surface area contributed by atoms with Gasteiger partial charge >= 0.3 is 6.09 Å². The minimum atomic E-state index is -0.978. The Hall–Kier alpha value is -2.18. The molecule has 0 radical (unpaired) electrons. The second-order valence-corrected chi connectivity index (χ2v) is 8.19. The highest BCUT2D eigenvalue weighted by Gasteiger charge is 2.34. The molecule has 0 saturated heterocycles. The number of amides is 1. The molecule has 5 nitrogen and oxygen atoms in total. The van der Waals surface area contributed by atoms with Crippen LogP contribution in [0.2, 0.25) is 0 Å². The first kappa shape index (κ1) is 18.6. The van der Waals surface area contributed by atoms with Crippen molar-refractivity contribution in [1.29, 1.82) is 0 Å². The Morgan fingerprint density at radius 2 is 1.88 bits per heavy atom. The number of hydrogen-bond acceptors (Lipinski definition) is 4. The third-order valence-corrected chi connectivity index (χ3v) is 5.69. The number of rotatable bonds is 7. The Bertz CT molecular complexity index is 764. The summed E-state index contributed by atoms with van der Waals surface area (Å²) in [5, 5.41) is 2.73. The van der Waals surface area contributed by atoms with Gasteiger partial charge in [0.15, 0.2) is 4.90 Å². The maximum Gasteiger partial charge on any atom is 0.412 e. The lowest BCUT2D eigenvalue weighted by atomic mass is 9.94. The van der Waals surface area contributed by atoms with E-state index in [4.69, 9.17) is 9.47 Å². The lowest BCUT2D eigenvalue weighted by molar-refractivity contribution is 0.0416. The van der Waals surface area contributed by atoms with Crippen molar-refractivity contribution in [3.63, 3.8) is 0 Å². The van der Waals surface area contributed by atoms with Crippen LogP contribution in [0.25, 0.3) is 0 Å². The zero-order chi connectivity index (χ0) is 18.6. The number of unbranched alkanes of at least 4 members (excludes halogenated alkanes) is 1. The van der Waals surface area contributed by atoms with E-state index in [-0.39, 0.29) is 0 Å². The van der Waals surface area contributed by atoms with E-state index < -0.39 is 22.9 Å². The first-order chi connectivity index (χ1) is 12.5. The Balaban J connectivity index is 1.52. The van der Waals surface area contributed by atoms with Crippen molar-refractivity contribution in [3.05, 3.63) is 54.1 Å². The number of anilines is 1. The Labute approximate surface area is 156 Å². The van der Waals surface area contributed by atoms with Crippen molar-refractivity contribution in [2.75, 3.05) is 17.7 Å². The Kier molecular flexibility index (Phi) is 5.74. The van der Waals surface area contributed by atoms with E-state index in [2.05, 4.69) is 5.32 Å². The molecule has 0 fully saturated rings.